The maximum absolute atomic E-state index is 2.30. The Labute approximate surface area is 124 Å². The van der Waals surface area contributed by atoms with E-state index in [0.717, 1.165) is 0 Å². The monoisotopic (exact) mass is 271 g/mol. The van der Waals surface area contributed by atoms with Gasteiger partial charge in [0.1, 0.15) is 0 Å². The van der Waals surface area contributed by atoms with E-state index in [2.05, 4.69) is 85.1 Å². The Morgan fingerprint density at radius 3 is 2.24 bits per heavy atom. The van der Waals surface area contributed by atoms with Crippen molar-refractivity contribution in [3.8, 4) is 11.1 Å². The maximum Gasteiger partial charge on any atom is 0.0541 e. The topological polar surface area (TPSA) is 4.41 Å². The van der Waals surface area contributed by atoms with Crippen LogP contribution in [0.2, 0.25) is 0 Å². The fourth-order valence-corrected chi connectivity index (χ4v) is 3.29. The number of nitrogens with zero attached hydrogens (tertiary/aromatic N) is 1. The van der Waals surface area contributed by atoms with E-state index in [4.69, 9.17) is 0 Å². The molecule has 0 unspecified atom stereocenters. The minimum absolute atomic E-state index is 1.27. The summed E-state index contributed by atoms with van der Waals surface area (Å²) in [5.41, 5.74) is 7.88. The Balaban J connectivity index is 2.28. The van der Waals surface area contributed by atoms with Crippen LogP contribution in [0.4, 0.5) is 0 Å². The van der Waals surface area contributed by atoms with Crippen molar-refractivity contribution < 1.29 is 0 Å². The second kappa shape index (κ2) is 4.49. The van der Waals surface area contributed by atoms with Gasteiger partial charge in [-0.2, -0.15) is 0 Å². The van der Waals surface area contributed by atoms with Crippen LogP contribution >= 0.6 is 0 Å². The maximum atomic E-state index is 2.30. The van der Waals surface area contributed by atoms with E-state index >= 15 is 0 Å². The van der Waals surface area contributed by atoms with Crippen LogP contribution in [0.3, 0.4) is 0 Å². The van der Waals surface area contributed by atoms with Gasteiger partial charge in [-0.05, 0) is 48.7 Å². The predicted molar refractivity (Wildman–Crippen MR) is 89.8 cm³/mol. The molecule has 0 N–H and O–H groups in total. The molecule has 0 atom stereocenters. The van der Waals surface area contributed by atoms with Crippen molar-refractivity contribution in [2.24, 2.45) is 0 Å². The third-order valence-corrected chi connectivity index (χ3v) is 4.29. The molecular weight excluding hydrogens is 254 g/mol. The number of aromatic nitrogens is 1. The average Bonchev–Trinajstić information content (AvgIpc) is 2.84. The number of rotatable bonds is 1. The van der Waals surface area contributed by atoms with Gasteiger partial charge in [-0.1, -0.05) is 42.5 Å². The Morgan fingerprint density at radius 2 is 1.38 bits per heavy atom. The molecule has 2 aromatic carbocycles. The highest BCUT2D eigenvalue weighted by atomic mass is 14.9. The molecule has 0 saturated heterocycles. The van der Waals surface area contributed by atoms with E-state index in [0.29, 0.717) is 0 Å². The first-order valence-corrected chi connectivity index (χ1v) is 7.32. The molecule has 2 aromatic heterocycles. The smallest absolute Gasteiger partial charge is 0.0541 e. The standard InChI is InChI=1S/C20H17N/c1-14-8-3-4-10-16(14)20-18-11-5-6-13-21(18)17-12-7-9-15(2)19(17)20/h3-13H,1-2H3. The summed E-state index contributed by atoms with van der Waals surface area (Å²) in [6, 6.07) is 21.6. The van der Waals surface area contributed by atoms with E-state index in [-0.39, 0.29) is 0 Å². The zero-order valence-corrected chi connectivity index (χ0v) is 12.3. The number of aryl methyl sites for hydroxylation is 2. The van der Waals surface area contributed by atoms with Gasteiger partial charge in [-0.3, -0.25) is 0 Å². The second-order valence-electron chi connectivity index (χ2n) is 5.61. The average molecular weight is 271 g/mol. The van der Waals surface area contributed by atoms with Crippen molar-refractivity contribution in [2.45, 2.75) is 13.8 Å². The molecule has 0 fully saturated rings. The largest absolute Gasteiger partial charge is 0.316 e. The van der Waals surface area contributed by atoms with Crippen LogP contribution in [0.25, 0.3) is 27.5 Å². The summed E-state index contributed by atoms with van der Waals surface area (Å²) in [7, 11) is 0. The van der Waals surface area contributed by atoms with Gasteiger partial charge in [0.05, 0.1) is 11.0 Å². The van der Waals surface area contributed by atoms with Gasteiger partial charge in [0, 0.05) is 17.1 Å². The lowest BCUT2D eigenvalue weighted by Crippen LogP contribution is -1.84. The number of hydrogen-bond donors (Lipinski definition) is 0. The Bertz CT molecular complexity index is 960. The molecular formula is C20H17N. The van der Waals surface area contributed by atoms with Gasteiger partial charge >= 0.3 is 0 Å². The summed E-state index contributed by atoms with van der Waals surface area (Å²) in [5.74, 6) is 0. The zero-order chi connectivity index (χ0) is 14.4. The lowest BCUT2D eigenvalue weighted by molar-refractivity contribution is 1.25. The molecule has 21 heavy (non-hydrogen) atoms. The zero-order valence-electron chi connectivity index (χ0n) is 12.3. The van der Waals surface area contributed by atoms with Gasteiger partial charge in [0.2, 0.25) is 0 Å². The van der Waals surface area contributed by atoms with Gasteiger partial charge in [-0.15, -0.1) is 0 Å². The number of pyridine rings is 1. The molecule has 1 nitrogen and oxygen atoms in total. The summed E-state index contributed by atoms with van der Waals surface area (Å²) in [5, 5.41) is 1.36. The van der Waals surface area contributed by atoms with E-state index in [1.807, 2.05) is 0 Å². The first kappa shape index (κ1) is 12.2. The Hall–Kier alpha value is -2.54. The first-order chi connectivity index (χ1) is 10.3. The van der Waals surface area contributed by atoms with Crippen LogP contribution in [0.5, 0.6) is 0 Å². The quantitative estimate of drug-likeness (QED) is 0.438. The molecule has 4 rings (SSSR count). The van der Waals surface area contributed by atoms with E-state index in [1.165, 1.54) is 38.7 Å². The Morgan fingerprint density at radius 1 is 0.667 bits per heavy atom. The van der Waals surface area contributed by atoms with E-state index in [9.17, 15) is 0 Å². The molecule has 0 aliphatic carbocycles. The summed E-state index contributed by atoms with van der Waals surface area (Å²) < 4.78 is 2.30. The van der Waals surface area contributed by atoms with Crippen LogP contribution in [-0.4, -0.2) is 4.40 Å². The van der Waals surface area contributed by atoms with Crippen molar-refractivity contribution in [3.05, 3.63) is 78.0 Å². The highest BCUT2D eigenvalue weighted by Crippen LogP contribution is 2.38. The predicted octanol–water partition coefficient (Wildman–Crippen LogP) is 5.38. The first-order valence-electron chi connectivity index (χ1n) is 7.32. The van der Waals surface area contributed by atoms with E-state index < -0.39 is 0 Å². The lowest BCUT2D eigenvalue weighted by Gasteiger charge is -2.06. The fourth-order valence-electron chi connectivity index (χ4n) is 3.29. The third-order valence-electron chi connectivity index (χ3n) is 4.29. The van der Waals surface area contributed by atoms with E-state index in [1.54, 1.807) is 0 Å². The molecule has 0 bridgehead atoms. The summed E-state index contributed by atoms with van der Waals surface area (Å²) in [4.78, 5) is 0. The van der Waals surface area contributed by atoms with Crippen LogP contribution in [-0.2, 0) is 0 Å². The third kappa shape index (κ3) is 1.71. The molecule has 0 amide bonds. The van der Waals surface area contributed by atoms with Gasteiger partial charge < -0.3 is 4.40 Å². The van der Waals surface area contributed by atoms with Crippen LogP contribution in [0.15, 0.2) is 66.9 Å². The molecule has 102 valence electrons. The number of hydrogen-bond acceptors (Lipinski definition) is 0. The number of benzene rings is 2. The lowest BCUT2D eigenvalue weighted by atomic mass is 9.96. The molecule has 2 heterocycles. The highest BCUT2D eigenvalue weighted by Gasteiger charge is 2.15. The molecule has 0 aliphatic heterocycles. The molecule has 4 aromatic rings. The van der Waals surface area contributed by atoms with Crippen molar-refractivity contribution in [2.75, 3.05) is 0 Å². The summed E-state index contributed by atoms with van der Waals surface area (Å²) >= 11 is 0. The summed E-state index contributed by atoms with van der Waals surface area (Å²) in [6.45, 7) is 4.38. The van der Waals surface area contributed by atoms with Crippen molar-refractivity contribution in [1.29, 1.82) is 0 Å². The highest BCUT2D eigenvalue weighted by molar-refractivity contribution is 6.07. The molecule has 0 radical (unpaired) electrons. The molecule has 0 aliphatic rings. The molecule has 1 heteroatoms. The van der Waals surface area contributed by atoms with Gasteiger partial charge in [0.25, 0.3) is 0 Å². The normalized spacial score (nSPS) is 11.3. The molecule has 0 saturated carbocycles. The SMILES string of the molecule is Cc1ccccc1-c1c2c(C)cccc2n2ccccc12. The van der Waals surface area contributed by atoms with Crippen LogP contribution < -0.4 is 0 Å². The molecule has 0 spiro atoms. The van der Waals surface area contributed by atoms with Gasteiger partial charge in [-0.25, -0.2) is 0 Å². The van der Waals surface area contributed by atoms with Crippen molar-refractivity contribution in [1.82, 2.24) is 4.40 Å². The van der Waals surface area contributed by atoms with Crippen molar-refractivity contribution >= 4 is 16.4 Å². The Kier molecular flexibility index (Phi) is 2.61. The van der Waals surface area contributed by atoms with Crippen molar-refractivity contribution in [3.63, 3.8) is 0 Å². The minimum Gasteiger partial charge on any atom is -0.316 e. The minimum atomic E-state index is 1.27. The van der Waals surface area contributed by atoms with Crippen LogP contribution in [0.1, 0.15) is 11.1 Å². The fraction of sp³-hybridized carbons (Fsp3) is 0.100. The summed E-state index contributed by atoms with van der Waals surface area (Å²) in [6.07, 6.45) is 2.15. The number of fused-ring (bicyclic) bond motifs is 3. The van der Waals surface area contributed by atoms with Gasteiger partial charge in [0.15, 0.2) is 0 Å². The van der Waals surface area contributed by atoms with Crippen LogP contribution in [0, 0.1) is 13.8 Å². The second-order valence-corrected chi connectivity index (χ2v) is 5.61.